The summed E-state index contributed by atoms with van der Waals surface area (Å²) in [5.41, 5.74) is 1.64. The van der Waals surface area contributed by atoms with E-state index in [2.05, 4.69) is 23.7 Å². The van der Waals surface area contributed by atoms with Gasteiger partial charge in [0.1, 0.15) is 11.8 Å². The number of unbranched alkanes of at least 4 members (excludes halogenated alkanes) is 5. The van der Waals surface area contributed by atoms with Crippen molar-refractivity contribution in [2.45, 2.75) is 82.8 Å². The van der Waals surface area contributed by atoms with E-state index in [1.807, 2.05) is 18.2 Å². The first-order valence-electron chi connectivity index (χ1n) is 10.1. The molecule has 0 bridgehead atoms. The molecule has 1 fully saturated rings. The number of nitrogens with zero attached hydrogens (tertiary/aromatic N) is 1. The molecule has 3 unspecified atom stereocenters. The van der Waals surface area contributed by atoms with E-state index < -0.39 is 6.10 Å². The SMILES string of the molecule is CCCCCCCCC(O)C#Cc1cccc(C(CCO)CC2CO2)n1. The molecule has 4 nitrogen and oxygen atoms in total. The molecule has 1 aromatic rings. The first kappa shape index (κ1) is 20.9. The molecule has 0 saturated carbocycles. The zero-order valence-electron chi connectivity index (χ0n) is 16.0. The predicted octanol–water partition coefficient (Wildman–Crippen LogP) is 3.80. The number of aliphatic hydroxyl groups is 2. The van der Waals surface area contributed by atoms with Gasteiger partial charge in [0.25, 0.3) is 0 Å². The Bertz CT molecular complexity index is 574. The number of aliphatic hydroxyl groups excluding tert-OH is 2. The number of epoxide rings is 1. The van der Waals surface area contributed by atoms with Crippen molar-refractivity contribution in [3.05, 3.63) is 29.6 Å². The summed E-state index contributed by atoms with van der Waals surface area (Å²) in [5.74, 6) is 6.12. The van der Waals surface area contributed by atoms with Gasteiger partial charge in [-0.25, -0.2) is 4.98 Å². The van der Waals surface area contributed by atoms with Crippen molar-refractivity contribution in [1.29, 1.82) is 0 Å². The van der Waals surface area contributed by atoms with Crippen LogP contribution in [0.1, 0.15) is 82.0 Å². The van der Waals surface area contributed by atoms with E-state index in [0.29, 0.717) is 18.2 Å². The fourth-order valence-corrected chi connectivity index (χ4v) is 3.16. The normalized spacial score (nSPS) is 18.0. The van der Waals surface area contributed by atoms with Gasteiger partial charge in [-0.15, -0.1) is 0 Å². The summed E-state index contributed by atoms with van der Waals surface area (Å²) >= 11 is 0. The Morgan fingerprint density at radius 2 is 1.96 bits per heavy atom. The van der Waals surface area contributed by atoms with Crippen LogP contribution in [-0.2, 0) is 4.74 Å². The average Bonchev–Trinajstić information content (AvgIpc) is 3.47. The van der Waals surface area contributed by atoms with E-state index in [0.717, 1.165) is 31.6 Å². The van der Waals surface area contributed by atoms with Crippen LogP contribution in [0, 0.1) is 11.8 Å². The number of hydrogen-bond acceptors (Lipinski definition) is 4. The van der Waals surface area contributed by atoms with E-state index in [1.54, 1.807) is 0 Å². The maximum Gasteiger partial charge on any atom is 0.115 e. The largest absolute Gasteiger partial charge is 0.396 e. The van der Waals surface area contributed by atoms with Crippen molar-refractivity contribution in [3.63, 3.8) is 0 Å². The van der Waals surface area contributed by atoms with E-state index in [9.17, 15) is 10.2 Å². The number of rotatable bonds is 12. The van der Waals surface area contributed by atoms with Gasteiger partial charge in [0.05, 0.1) is 12.7 Å². The van der Waals surface area contributed by atoms with Crippen LogP contribution in [-0.4, -0.2) is 40.6 Å². The van der Waals surface area contributed by atoms with Crippen LogP contribution in [0.5, 0.6) is 0 Å². The Morgan fingerprint density at radius 1 is 1.19 bits per heavy atom. The monoisotopic (exact) mass is 359 g/mol. The molecule has 2 heterocycles. The quantitative estimate of drug-likeness (QED) is 0.338. The third-order valence-corrected chi connectivity index (χ3v) is 4.81. The van der Waals surface area contributed by atoms with Crippen molar-refractivity contribution in [3.8, 4) is 11.8 Å². The number of ether oxygens (including phenoxy) is 1. The number of hydrogen-bond donors (Lipinski definition) is 2. The van der Waals surface area contributed by atoms with Crippen LogP contribution >= 0.6 is 0 Å². The minimum absolute atomic E-state index is 0.145. The summed E-state index contributed by atoms with van der Waals surface area (Å²) in [7, 11) is 0. The molecule has 144 valence electrons. The van der Waals surface area contributed by atoms with Gasteiger partial charge in [-0.1, -0.05) is 51.0 Å². The topological polar surface area (TPSA) is 65.9 Å². The number of pyridine rings is 1. The van der Waals surface area contributed by atoms with Crippen LogP contribution in [0.3, 0.4) is 0 Å². The highest BCUT2D eigenvalue weighted by Crippen LogP contribution is 2.29. The summed E-state index contributed by atoms with van der Waals surface area (Å²) in [6.07, 6.45) is 9.31. The summed E-state index contributed by atoms with van der Waals surface area (Å²) < 4.78 is 5.31. The molecule has 0 spiro atoms. The Hall–Kier alpha value is -1.41. The molecular weight excluding hydrogens is 326 g/mol. The highest BCUT2D eigenvalue weighted by Gasteiger charge is 2.27. The molecule has 26 heavy (non-hydrogen) atoms. The van der Waals surface area contributed by atoms with Gasteiger partial charge >= 0.3 is 0 Å². The summed E-state index contributed by atoms with van der Waals surface area (Å²) in [6.45, 7) is 3.17. The van der Waals surface area contributed by atoms with Crippen LogP contribution in [0.2, 0.25) is 0 Å². The van der Waals surface area contributed by atoms with E-state index in [4.69, 9.17) is 4.74 Å². The molecule has 4 heteroatoms. The van der Waals surface area contributed by atoms with Crippen LogP contribution in [0.25, 0.3) is 0 Å². The summed E-state index contributed by atoms with van der Waals surface area (Å²) in [4.78, 5) is 4.62. The highest BCUT2D eigenvalue weighted by molar-refractivity contribution is 5.30. The second kappa shape index (κ2) is 12.1. The average molecular weight is 360 g/mol. The molecule has 1 aromatic heterocycles. The van der Waals surface area contributed by atoms with Gasteiger partial charge in [0.15, 0.2) is 0 Å². The molecule has 0 amide bonds. The van der Waals surface area contributed by atoms with E-state index in [1.165, 1.54) is 32.1 Å². The molecule has 0 aromatic carbocycles. The fraction of sp³-hybridized carbons (Fsp3) is 0.682. The Labute approximate surface area is 158 Å². The first-order valence-corrected chi connectivity index (χ1v) is 10.1. The molecule has 3 atom stereocenters. The van der Waals surface area contributed by atoms with Crippen molar-refractivity contribution in [2.75, 3.05) is 13.2 Å². The Morgan fingerprint density at radius 3 is 2.69 bits per heavy atom. The smallest absolute Gasteiger partial charge is 0.115 e. The lowest BCUT2D eigenvalue weighted by atomic mass is 9.95. The molecule has 1 aliphatic heterocycles. The standard InChI is InChI=1S/C22H33NO3/c1-2-3-4-5-6-7-10-20(25)13-12-19-9-8-11-22(23-19)18(14-15-24)16-21-17-26-21/h8-9,11,18,20-21,24-25H,2-7,10,14-17H2,1H3. The van der Waals surface area contributed by atoms with Gasteiger partial charge in [-0.05, 0) is 43.7 Å². The molecular formula is C22H33NO3. The van der Waals surface area contributed by atoms with Crippen molar-refractivity contribution in [1.82, 2.24) is 4.98 Å². The van der Waals surface area contributed by atoms with Crippen LogP contribution < -0.4 is 0 Å². The van der Waals surface area contributed by atoms with Gasteiger partial charge in [0, 0.05) is 18.2 Å². The van der Waals surface area contributed by atoms with Gasteiger partial charge in [-0.2, -0.15) is 0 Å². The Balaban J connectivity index is 1.82. The van der Waals surface area contributed by atoms with Crippen molar-refractivity contribution < 1.29 is 14.9 Å². The van der Waals surface area contributed by atoms with Gasteiger partial charge in [0.2, 0.25) is 0 Å². The van der Waals surface area contributed by atoms with Crippen LogP contribution in [0.15, 0.2) is 18.2 Å². The third kappa shape index (κ3) is 8.31. The fourth-order valence-electron chi connectivity index (χ4n) is 3.16. The van der Waals surface area contributed by atoms with E-state index >= 15 is 0 Å². The van der Waals surface area contributed by atoms with E-state index in [-0.39, 0.29) is 12.5 Å². The van der Waals surface area contributed by atoms with Crippen LogP contribution in [0.4, 0.5) is 0 Å². The first-order chi connectivity index (χ1) is 12.7. The minimum Gasteiger partial charge on any atom is -0.396 e. The molecule has 2 rings (SSSR count). The second-order valence-electron chi connectivity index (χ2n) is 7.19. The highest BCUT2D eigenvalue weighted by atomic mass is 16.6. The zero-order valence-corrected chi connectivity index (χ0v) is 16.0. The van der Waals surface area contributed by atoms with Gasteiger partial charge in [-0.3, -0.25) is 0 Å². The number of aromatic nitrogens is 1. The lowest BCUT2D eigenvalue weighted by Crippen LogP contribution is -2.08. The molecule has 0 radical (unpaired) electrons. The Kier molecular flexibility index (Phi) is 9.70. The lowest BCUT2D eigenvalue weighted by Gasteiger charge is -2.14. The zero-order chi connectivity index (χ0) is 18.6. The van der Waals surface area contributed by atoms with Crippen molar-refractivity contribution in [2.24, 2.45) is 0 Å². The molecule has 1 saturated heterocycles. The predicted molar refractivity (Wildman–Crippen MR) is 104 cm³/mol. The maximum absolute atomic E-state index is 10.1. The second-order valence-corrected chi connectivity index (χ2v) is 7.19. The lowest BCUT2D eigenvalue weighted by molar-refractivity contribution is 0.217. The third-order valence-electron chi connectivity index (χ3n) is 4.81. The molecule has 1 aliphatic rings. The molecule has 0 aliphatic carbocycles. The minimum atomic E-state index is -0.584. The summed E-state index contributed by atoms with van der Waals surface area (Å²) in [6, 6.07) is 5.81. The van der Waals surface area contributed by atoms with Gasteiger partial charge < -0.3 is 14.9 Å². The maximum atomic E-state index is 10.1. The molecule has 2 N–H and O–H groups in total. The summed E-state index contributed by atoms with van der Waals surface area (Å²) in [5, 5.41) is 19.3. The van der Waals surface area contributed by atoms with Crippen molar-refractivity contribution >= 4 is 0 Å².